The average molecular weight is 266 g/mol. The summed E-state index contributed by atoms with van der Waals surface area (Å²) in [6.07, 6.45) is 23.6. The van der Waals surface area contributed by atoms with Crippen LogP contribution in [0.3, 0.4) is 0 Å². The normalized spacial score (nSPS) is 11.2. The van der Waals surface area contributed by atoms with Crippen LogP contribution >= 0.6 is 0 Å². The maximum absolute atomic E-state index is 10.1. The topological polar surface area (TPSA) is 17.1 Å². The minimum Gasteiger partial charge on any atom is -0.303 e. The van der Waals surface area contributed by atoms with Gasteiger partial charge in [0.1, 0.15) is 6.29 Å². The van der Waals surface area contributed by atoms with E-state index in [4.69, 9.17) is 0 Å². The van der Waals surface area contributed by atoms with Gasteiger partial charge in [-0.15, -0.1) is 0 Å². The van der Waals surface area contributed by atoms with Gasteiger partial charge in [-0.25, -0.2) is 0 Å². The third-order valence-electron chi connectivity index (χ3n) is 3.62. The Morgan fingerprint density at radius 1 is 0.632 bits per heavy atom. The zero-order valence-corrected chi connectivity index (χ0v) is 13.0. The van der Waals surface area contributed by atoms with Gasteiger partial charge < -0.3 is 4.79 Å². The molecule has 0 bridgehead atoms. The second-order valence-electron chi connectivity index (χ2n) is 5.55. The number of hydrogen-bond donors (Lipinski definition) is 0. The Balaban J connectivity index is 2.97. The molecule has 0 heterocycles. The first-order valence-corrected chi connectivity index (χ1v) is 8.50. The lowest BCUT2D eigenvalue weighted by Gasteiger charge is -2.02. The number of carbonyl (C=O) groups excluding carboxylic acids is 1. The number of hydrogen-bond acceptors (Lipinski definition) is 1. The highest BCUT2D eigenvalue weighted by Gasteiger charge is 1.92. The molecule has 0 aliphatic heterocycles. The fourth-order valence-electron chi connectivity index (χ4n) is 2.37. The van der Waals surface area contributed by atoms with Crippen LogP contribution in [-0.4, -0.2) is 6.29 Å². The van der Waals surface area contributed by atoms with Gasteiger partial charge in [-0.3, -0.25) is 0 Å². The van der Waals surface area contributed by atoms with E-state index < -0.39 is 0 Å². The molecule has 0 aliphatic carbocycles. The predicted octanol–water partition coefficient (Wildman–Crippen LogP) is 6.22. The van der Waals surface area contributed by atoms with Gasteiger partial charge in [0.2, 0.25) is 0 Å². The lowest BCUT2D eigenvalue weighted by atomic mass is 10.0. The Labute approximate surface area is 120 Å². The van der Waals surface area contributed by atoms with E-state index in [1.54, 1.807) is 0 Å². The number of unbranched alkanes of at least 4 members (excludes halogenated alkanes) is 12. The minimum absolute atomic E-state index is 0.582. The van der Waals surface area contributed by atoms with Gasteiger partial charge in [-0.2, -0.15) is 0 Å². The molecule has 0 N–H and O–H groups in total. The van der Waals surface area contributed by atoms with Crippen molar-refractivity contribution < 1.29 is 4.79 Å². The van der Waals surface area contributed by atoms with Crippen molar-refractivity contribution in [3.63, 3.8) is 0 Å². The smallest absolute Gasteiger partial charge is 0.123 e. The number of carbonyl (C=O) groups is 1. The molecule has 0 aromatic carbocycles. The molecule has 0 spiro atoms. The molecule has 19 heavy (non-hydrogen) atoms. The van der Waals surface area contributed by atoms with Crippen LogP contribution < -0.4 is 0 Å². The molecule has 0 aromatic rings. The molecule has 0 radical (unpaired) electrons. The second kappa shape index (κ2) is 17.4. The van der Waals surface area contributed by atoms with E-state index in [0.29, 0.717) is 6.42 Å². The lowest BCUT2D eigenvalue weighted by Crippen LogP contribution is -1.82. The Bertz CT molecular complexity index is 196. The molecule has 0 saturated carbocycles. The zero-order valence-electron chi connectivity index (χ0n) is 13.0. The van der Waals surface area contributed by atoms with E-state index >= 15 is 0 Å². The van der Waals surface area contributed by atoms with Crippen LogP contribution in [0.2, 0.25) is 0 Å². The number of aldehydes is 1. The molecule has 0 aromatic heterocycles. The van der Waals surface area contributed by atoms with Gasteiger partial charge in [0.05, 0.1) is 0 Å². The van der Waals surface area contributed by atoms with E-state index in [9.17, 15) is 4.79 Å². The fourth-order valence-corrected chi connectivity index (χ4v) is 2.37. The Kier molecular flexibility index (Phi) is 16.9. The molecule has 0 aliphatic rings. The van der Waals surface area contributed by atoms with Crippen molar-refractivity contribution in [2.45, 2.75) is 96.8 Å². The van der Waals surface area contributed by atoms with E-state index in [0.717, 1.165) is 12.7 Å². The van der Waals surface area contributed by atoms with E-state index in [2.05, 4.69) is 13.0 Å². The molecule has 0 atom stereocenters. The van der Waals surface area contributed by atoms with Gasteiger partial charge in [0.25, 0.3) is 0 Å². The first-order chi connectivity index (χ1) is 9.41. The largest absolute Gasteiger partial charge is 0.303 e. The van der Waals surface area contributed by atoms with Crippen molar-refractivity contribution in [3.8, 4) is 0 Å². The van der Waals surface area contributed by atoms with Crippen molar-refractivity contribution >= 4 is 6.29 Å². The minimum atomic E-state index is 0.582. The van der Waals surface area contributed by atoms with Crippen LogP contribution in [-0.2, 0) is 4.79 Å². The van der Waals surface area contributed by atoms with Gasteiger partial charge in [0, 0.05) is 6.42 Å². The SMILES string of the molecule is CCCCCCCCCCCCCC/C=C/CC=O. The molecule has 112 valence electrons. The maximum Gasteiger partial charge on any atom is 0.123 e. The molecule has 0 amide bonds. The van der Waals surface area contributed by atoms with Crippen LogP contribution in [0.5, 0.6) is 0 Å². The molecular formula is C18H34O. The van der Waals surface area contributed by atoms with Gasteiger partial charge in [0.15, 0.2) is 0 Å². The summed E-state index contributed by atoms with van der Waals surface area (Å²) in [5, 5.41) is 0. The summed E-state index contributed by atoms with van der Waals surface area (Å²) < 4.78 is 0. The summed E-state index contributed by atoms with van der Waals surface area (Å²) in [7, 11) is 0. The monoisotopic (exact) mass is 266 g/mol. The molecule has 1 heteroatoms. The quantitative estimate of drug-likeness (QED) is 0.195. The van der Waals surface area contributed by atoms with Crippen LogP contribution in [0.4, 0.5) is 0 Å². The zero-order chi connectivity index (χ0) is 14.0. The molecule has 0 unspecified atom stereocenters. The number of allylic oxidation sites excluding steroid dienone is 2. The van der Waals surface area contributed by atoms with Gasteiger partial charge in [-0.05, 0) is 12.8 Å². The Morgan fingerprint density at radius 2 is 1.11 bits per heavy atom. The highest BCUT2D eigenvalue weighted by atomic mass is 16.1. The predicted molar refractivity (Wildman–Crippen MR) is 85.5 cm³/mol. The average Bonchev–Trinajstić information content (AvgIpc) is 2.43. The van der Waals surface area contributed by atoms with Crippen molar-refractivity contribution in [1.29, 1.82) is 0 Å². The summed E-state index contributed by atoms with van der Waals surface area (Å²) in [6.45, 7) is 2.28. The van der Waals surface area contributed by atoms with Crippen LogP contribution in [0.25, 0.3) is 0 Å². The maximum atomic E-state index is 10.1. The number of rotatable bonds is 15. The summed E-state index contributed by atoms with van der Waals surface area (Å²) in [5.41, 5.74) is 0. The summed E-state index contributed by atoms with van der Waals surface area (Å²) in [6, 6.07) is 0. The summed E-state index contributed by atoms with van der Waals surface area (Å²) in [4.78, 5) is 10.1. The molecule has 0 saturated heterocycles. The van der Waals surface area contributed by atoms with Crippen LogP contribution in [0.1, 0.15) is 96.8 Å². The van der Waals surface area contributed by atoms with E-state index in [1.807, 2.05) is 6.08 Å². The van der Waals surface area contributed by atoms with Crippen molar-refractivity contribution in [2.75, 3.05) is 0 Å². The fraction of sp³-hybridized carbons (Fsp3) is 0.833. The standard InChI is InChI=1S/C18H34O/c1-2-3-4-5-6-7-8-9-10-11-12-13-14-15-16-17-18-19/h15-16,18H,2-14,17H2,1H3/b16-15+. The van der Waals surface area contributed by atoms with Gasteiger partial charge >= 0.3 is 0 Å². The van der Waals surface area contributed by atoms with Crippen LogP contribution in [0.15, 0.2) is 12.2 Å². The third kappa shape index (κ3) is 17.4. The summed E-state index contributed by atoms with van der Waals surface area (Å²) >= 11 is 0. The van der Waals surface area contributed by atoms with Gasteiger partial charge in [-0.1, -0.05) is 89.7 Å². The lowest BCUT2D eigenvalue weighted by molar-refractivity contribution is -0.107. The van der Waals surface area contributed by atoms with Crippen LogP contribution in [0, 0.1) is 0 Å². The molecule has 0 fully saturated rings. The third-order valence-corrected chi connectivity index (χ3v) is 3.62. The molecule has 0 rings (SSSR count). The molecular weight excluding hydrogens is 232 g/mol. The first kappa shape index (κ1) is 18.4. The molecule has 1 nitrogen and oxygen atoms in total. The van der Waals surface area contributed by atoms with Crippen molar-refractivity contribution in [3.05, 3.63) is 12.2 Å². The second-order valence-corrected chi connectivity index (χ2v) is 5.55. The Morgan fingerprint density at radius 3 is 1.58 bits per heavy atom. The van der Waals surface area contributed by atoms with E-state index in [-0.39, 0.29) is 0 Å². The highest BCUT2D eigenvalue weighted by Crippen LogP contribution is 2.12. The summed E-state index contributed by atoms with van der Waals surface area (Å²) in [5.74, 6) is 0. The highest BCUT2D eigenvalue weighted by molar-refractivity contribution is 5.51. The van der Waals surface area contributed by atoms with E-state index in [1.165, 1.54) is 77.0 Å². The van der Waals surface area contributed by atoms with Crippen molar-refractivity contribution in [2.24, 2.45) is 0 Å². The Hall–Kier alpha value is -0.590. The first-order valence-electron chi connectivity index (χ1n) is 8.50. The van der Waals surface area contributed by atoms with Crippen molar-refractivity contribution in [1.82, 2.24) is 0 Å².